The fourth-order valence-electron chi connectivity index (χ4n) is 4.18. The van der Waals surface area contributed by atoms with Gasteiger partial charge in [-0.05, 0) is 59.0 Å². The fourth-order valence-corrected chi connectivity index (χ4v) is 4.18. The van der Waals surface area contributed by atoms with Gasteiger partial charge in [-0.1, -0.05) is 30.3 Å². The third-order valence-electron chi connectivity index (χ3n) is 5.13. The third-order valence-corrected chi connectivity index (χ3v) is 5.13. The molecule has 3 aromatic rings. The zero-order valence-corrected chi connectivity index (χ0v) is 12.1. The van der Waals surface area contributed by atoms with Crippen LogP contribution in [0.3, 0.4) is 0 Å². The maximum absolute atomic E-state index is 12.6. The molecule has 0 fully saturated rings. The molecule has 2 aliphatic rings. The number of Topliss-reactive ketones (excluding diaryl/α,β-unsaturated/α-hetero) is 2. The highest BCUT2D eigenvalue weighted by atomic mass is 16.2. The summed E-state index contributed by atoms with van der Waals surface area (Å²) in [6, 6.07) is 12.2. The predicted octanol–water partition coefficient (Wildman–Crippen LogP) is 4.25. The molecule has 0 aromatic heterocycles. The molecule has 2 nitrogen and oxygen atoms in total. The largest absolute Gasteiger partial charge is 0.285 e. The molecule has 0 saturated carbocycles. The summed E-state index contributed by atoms with van der Waals surface area (Å²) in [7, 11) is 0. The van der Waals surface area contributed by atoms with Crippen molar-refractivity contribution in [1.29, 1.82) is 0 Å². The number of ketones is 2. The lowest BCUT2D eigenvalue weighted by molar-refractivity contribution is 0.0825. The number of hydrogen-bond acceptors (Lipinski definition) is 2. The second-order valence-electron chi connectivity index (χ2n) is 6.33. The Bertz CT molecular complexity index is 1010. The molecular weight excluding hydrogens is 272 g/mol. The van der Waals surface area contributed by atoms with Gasteiger partial charge in [0.15, 0.2) is 0 Å². The average Bonchev–Trinajstić information content (AvgIpc) is 2.82. The molecule has 0 saturated heterocycles. The normalized spacial score (nSPS) is 16.5. The molecule has 0 spiro atoms. The van der Waals surface area contributed by atoms with Crippen molar-refractivity contribution < 1.29 is 9.59 Å². The van der Waals surface area contributed by atoms with Crippen LogP contribution in [0.2, 0.25) is 0 Å². The molecule has 3 aromatic carbocycles. The van der Waals surface area contributed by atoms with E-state index in [9.17, 15) is 9.59 Å². The molecule has 0 bridgehead atoms. The summed E-state index contributed by atoms with van der Waals surface area (Å²) >= 11 is 0. The van der Waals surface area contributed by atoms with E-state index < -0.39 is 0 Å². The van der Waals surface area contributed by atoms with Gasteiger partial charge < -0.3 is 0 Å². The van der Waals surface area contributed by atoms with Crippen LogP contribution in [0, 0.1) is 0 Å². The Morgan fingerprint density at radius 3 is 2.45 bits per heavy atom. The minimum absolute atomic E-state index is 0.296. The summed E-state index contributed by atoms with van der Waals surface area (Å²) in [5.41, 5.74) is 3.73. The second-order valence-corrected chi connectivity index (χ2v) is 6.33. The first-order valence-corrected chi connectivity index (χ1v) is 7.85. The van der Waals surface area contributed by atoms with Gasteiger partial charge in [-0.2, -0.15) is 0 Å². The van der Waals surface area contributed by atoms with Crippen LogP contribution >= 0.6 is 0 Å². The molecule has 0 radical (unpaired) electrons. The predicted molar refractivity (Wildman–Crippen MR) is 86.8 cm³/mol. The minimum atomic E-state index is -0.323. The lowest BCUT2D eigenvalue weighted by atomic mass is 9.85. The second kappa shape index (κ2) is 4.04. The van der Waals surface area contributed by atoms with Crippen LogP contribution in [0.15, 0.2) is 36.4 Å². The Hall–Kier alpha value is -2.48. The van der Waals surface area contributed by atoms with Gasteiger partial charge in [-0.25, -0.2) is 0 Å². The summed E-state index contributed by atoms with van der Waals surface area (Å²) in [6.07, 6.45) is 4.21. The van der Waals surface area contributed by atoms with Crippen LogP contribution in [0.25, 0.3) is 21.5 Å². The topological polar surface area (TPSA) is 34.1 Å². The standard InChI is InChI=1S/C20H14O2/c21-19-17-14-7-3-1-5-11(14)9-13-10-12-6-2-4-8-15(12)18(16(13)17)20(19)22/h1,3,5,7,9-10H,2,4,6,8H2. The lowest BCUT2D eigenvalue weighted by Crippen LogP contribution is -2.12. The smallest absolute Gasteiger partial charge is 0.234 e. The van der Waals surface area contributed by atoms with Crippen molar-refractivity contribution in [3.05, 3.63) is 58.7 Å². The van der Waals surface area contributed by atoms with E-state index in [-0.39, 0.29) is 11.6 Å². The van der Waals surface area contributed by atoms with Crippen LogP contribution in [0.5, 0.6) is 0 Å². The highest BCUT2D eigenvalue weighted by molar-refractivity contribution is 6.59. The van der Waals surface area contributed by atoms with Crippen molar-refractivity contribution >= 4 is 33.1 Å². The van der Waals surface area contributed by atoms with Crippen LogP contribution in [0.1, 0.15) is 44.7 Å². The summed E-state index contributed by atoms with van der Waals surface area (Å²) in [4.78, 5) is 25.3. The molecule has 2 aliphatic carbocycles. The molecule has 0 atom stereocenters. The highest BCUT2D eigenvalue weighted by Gasteiger charge is 2.36. The van der Waals surface area contributed by atoms with Crippen LogP contribution < -0.4 is 0 Å². The van der Waals surface area contributed by atoms with Crippen molar-refractivity contribution in [1.82, 2.24) is 0 Å². The molecule has 0 amide bonds. The van der Waals surface area contributed by atoms with Gasteiger partial charge in [0.05, 0.1) is 0 Å². The first-order valence-electron chi connectivity index (χ1n) is 7.85. The number of aryl methyl sites for hydroxylation is 1. The summed E-state index contributed by atoms with van der Waals surface area (Å²) in [5, 5.41) is 3.88. The van der Waals surface area contributed by atoms with Crippen LogP contribution in [-0.4, -0.2) is 11.6 Å². The molecule has 5 rings (SSSR count). The van der Waals surface area contributed by atoms with Gasteiger partial charge in [0.2, 0.25) is 11.6 Å². The van der Waals surface area contributed by atoms with E-state index in [0.717, 1.165) is 46.4 Å². The first kappa shape index (κ1) is 12.1. The minimum Gasteiger partial charge on any atom is -0.285 e. The zero-order valence-electron chi connectivity index (χ0n) is 12.1. The summed E-state index contributed by atoms with van der Waals surface area (Å²) in [5.74, 6) is -0.620. The summed E-state index contributed by atoms with van der Waals surface area (Å²) in [6.45, 7) is 0. The van der Waals surface area contributed by atoms with Gasteiger partial charge in [-0.3, -0.25) is 9.59 Å². The number of benzene rings is 3. The molecule has 0 N–H and O–H groups in total. The number of rotatable bonds is 0. The van der Waals surface area contributed by atoms with Gasteiger partial charge in [-0.15, -0.1) is 0 Å². The van der Waals surface area contributed by atoms with Gasteiger partial charge in [0, 0.05) is 16.5 Å². The Morgan fingerprint density at radius 2 is 1.55 bits per heavy atom. The summed E-state index contributed by atoms with van der Waals surface area (Å²) < 4.78 is 0. The molecular formula is C20H14O2. The highest BCUT2D eigenvalue weighted by Crippen LogP contribution is 2.41. The molecule has 0 heterocycles. The number of fused-ring (bicyclic) bond motifs is 4. The zero-order chi connectivity index (χ0) is 14.8. The van der Waals surface area contributed by atoms with Crippen molar-refractivity contribution in [2.45, 2.75) is 25.7 Å². The molecule has 106 valence electrons. The Kier molecular flexibility index (Phi) is 2.22. The Morgan fingerprint density at radius 1 is 0.773 bits per heavy atom. The van der Waals surface area contributed by atoms with Gasteiger partial charge >= 0.3 is 0 Å². The van der Waals surface area contributed by atoms with E-state index in [4.69, 9.17) is 0 Å². The maximum atomic E-state index is 12.6. The first-order chi connectivity index (χ1) is 10.8. The quantitative estimate of drug-likeness (QED) is 0.457. The Balaban J connectivity index is 2.06. The number of hydrogen-bond donors (Lipinski definition) is 0. The third kappa shape index (κ3) is 1.35. The maximum Gasteiger partial charge on any atom is 0.234 e. The lowest BCUT2D eigenvalue weighted by Gasteiger charge is -2.19. The van der Waals surface area contributed by atoms with E-state index in [1.165, 1.54) is 12.0 Å². The van der Waals surface area contributed by atoms with E-state index in [1.54, 1.807) is 0 Å². The number of carbonyl (C=O) groups excluding carboxylic acids is 2. The molecule has 0 aliphatic heterocycles. The number of carbonyl (C=O) groups is 2. The van der Waals surface area contributed by atoms with E-state index in [2.05, 4.69) is 12.1 Å². The van der Waals surface area contributed by atoms with Crippen molar-refractivity contribution in [3.8, 4) is 0 Å². The monoisotopic (exact) mass is 286 g/mol. The van der Waals surface area contributed by atoms with E-state index in [0.29, 0.717) is 11.1 Å². The van der Waals surface area contributed by atoms with Crippen LogP contribution in [-0.2, 0) is 12.8 Å². The average molecular weight is 286 g/mol. The van der Waals surface area contributed by atoms with E-state index in [1.807, 2.05) is 24.3 Å². The molecule has 0 unspecified atom stereocenters. The van der Waals surface area contributed by atoms with Crippen LogP contribution in [0.4, 0.5) is 0 Å². The van der Waals surface area contributed by atoms with Gasteiger partial charge in [0.1, 0.15) is 0 Å². The molecule has 22 heavy (non-hydrogen) atoms. The van der Waals surface area contributed by atoms with Gasteiger partial charge in [0.25, 0.3) is 0 Å². The van der Waals surface area contributed by atoms with Crippen molar-refractivity contribution in [2.75, 3.05) is 0 Å². The van der Waals surface area contributed by atoms with Crippen molar-refractivity contribution in [3.63, 3.8) is 0 Å². The SMILES string of the molecule is O=C1C(=O)c2c3ccccc3cc3cc4c(c1c23)CCCC4. The van der Waals surface area contributed by atoms with E-state index >= 15 is 0 Å². The Labute approximate surface area is 127 Å². The fraction of sp³-hybridized carbons (Fsp3) is 0.200. The van der Waals surface area contributed by atoms with Crippen molar-refractivity contribution in [2.24, 2.45) is 0 Å². The molecule has 2 heteroatoms.